The van der Waals surface area contributed by atoms with E-state index in [2.05, 4.69) is 57.6 Å². The molecule has 0 unspecified atom stereocenters. The first-order valence-electron chi connectivity index (χ1n) is 6.64. The van der Waals surface area contributed by atoms with Gasteiger partial charge in [-0.2, -0.15) is 0 Å². The second-order valence-electron chi connectivity index (χ2n) is 7.25. The van der Waals surface area contributed by atoms with Crippen molar-refractivity contribution in [2.24, 2.45) is 0 Å². The number of aromatic nitrogens is 1. The minimum absolute atomic E-state index is 0.241. The number of fused-ring (bicyclic) bond motifs is 1. The summed E-state index contributed by atoms with van der Waals surface area (Å²) < 4.78 is 0. The Bertz CT molecular complexity index is 402. The molecule has 0 amide bonds. The highest BCUT2D eigenvalue weighted by Gasteiger charge is 2.30. The first-order valence-corrected chi connectivity index (χ1v) is 6.64. The fraction of sp³-hybridized carbons (Fsp3) is 0.733. The molecule has 17 heavy (non-hydrogen) atoms. The highest BCUT2D eigenvalue weighted by atomic mass is 15.2. The van der Waals surface area contributed by atoms with Crippen molar-refractivity contribution >= 4 is 0 Å². The minimum Gasteiger partial charge on any atom is -0.364 e. The Balaban J connectivity index is 2.33. The molecule has 2 nitrogen and oxygen atoms in total. The maximum atomic E-state index is 3.48. The van der Waals surface area contributed by atoms with Crippen molar-refractivity contribution in [3.05, 3.63) is 23.0 Å². The Morgan fingerprint density at radius 3 is 2.29 bits per heavy atom. The quantitative estimate of drug-likeness (QED) is 0.728. The highest BCUT2D eigenvalue weighted by molar-refractivity contribution is 5.37. The highest BCUT2D eigenvalue weighted by Crippen LogP contribution is 2.33. The van der Waals surface area contributed by atoms with E-state index in [1.54, 1.807) is 5.56 Å². The van der Waals surface area contributed by atoms with Gasteiger partial charge in [0.1, 0.15) is 0 Å². The van der Waals surface area contributed by atoms with Crippen molar-refractivity contribution in [2.75, 3.05) is 6.54 Å². The molecule has 0 spiro atoms. The van der Waals surface area contributed by atoms with Crippen LogP contribution in [0.3, 0.4) is 0 Å². The van der Waals surface area contributed by atoms with E-state index in [1.165, 1.54) is 17.8 Å². The van der Waals surface area contributed by atoms with E-state index in [4.69, 9.17) is 0 Å². The van der Waals surface area contributed by atoms with Gasteiger partial charge in [0.15, 0.2) is 0 Å². The summed E-state index contributed by atoms with van der Waals surface area (Å²) in [4.78, 5) is 6.06. The van der Waals surface area contributed by atoms with Gasteiger partial charge in [-0.05, 0) is 37.3 Å². The molecule has 0 radical (unpaired) electrons. The number of rotatable bonds is 0. The summed E-state index contributed by atoms with van der Waals surface area (Å²) in [6.45, 7) is 16.1. The van der Waals surface area contributed by atoms with Crippen molar-refractivity contribution in [3.63, 3.8) is 0 Å². The van der Waals surface area contributed by atoms with Crippen molar-refractivity contribution in [1.82, 2.24) is 9.88 Å². The van der Waals surface area contributed by atoms with Gasteiger partial charge in [-0.25, -0.2) is 0 Å². The summed E-state index contributed by atoms with van der Waals surface area (Å²) in [5.74, 6) is 0. The van der Waals surface area contributed by atoms with E-state index in [0.29, 0.717) is 0 Å². The summed E-state index contributed by atoms with van der Waals surface area (Å²) >= 11 is 0. The summed E-state index contributed by atoms with van der Waals surface area (Å²) in [6.07, 6.45) is 3.37. The van der Waals surface area contributed by atoms with Crippen LogP contribution in [0.1, 0.15) is 58.4 Å². The largest absolute Gasteiger partial charge is 0.364 e. The SMILES string of the molecule is CC(C)(C)c1c[nH]c2c1CN(C(C)(C)C)CC2. The van der Waals surface area contributed by atoms with E-state index >= 15 is 0 Å². The number of H-pyrrole nitrogens is 1. The van der Waals surface area contributed by atoms with E-state index in [9.17, 15) is 0 Å². The van der Waals surface area contributed by atoms with Crippen LogP contribution in [0.15, 0.2) is 6.20 Å². The lowest BCUT2D eigenvalue weighted by Crippen LogP contribution is -2.44. The van der Waals surface area contributed by atoms with Crippen LogP contribution in [0.25, 0.3) is 0 Å². The monoisotopic (exact) mass is 234 g/mol. The van der Waals surface area contributed by atoms with Crippen LogP contribution in [0.5, 0.6) is 0 Å². The molecular formula is C15H26N2. The normalized spacial score (nSPS) is 18.2. The number of hydrogen-bond acceptors (Lipinski definition) is 1. The molecule has 1 aliphatic heterocycles. The molecule has 0 bridgehead atoms. The molecule has 0 saturated heterocycles. The Hall–Kier alpha value is -0.760. The maximum Gasteiger partial charge on any atom is 0.0259 e. The molecule has 2 rings (SSSR count). The zero-order chi connectivity index (χ0) is 12.8. The first kappa shape index (κ1) is 12.7. The number of nitrogens with zero attached hydrogens (tertiary/aromatic N) is 1. The van der Waals surface area contributed by atoms with Crippen LogP contribution >= 0.6 is 0 Å². The molecule has 0 saturated carbocycles. The van der Waals surface area contributed by atoms with Gasteiger partial charge in [-0.3, -0.25) is 4.90 Å². The van der Waals surface area contributed by atoms with Crippen LogP contribution in [-0.4, -0.2) is 22.0 Å². The summed E-state index contributed by atoms with van der Waals surface area (Å²) in [6, 6.07) is 0. The van der Waals surface area contributed by atoms with Gasteiger partial charge in [0.05, 0.1) is 0 Å². The zero-order valence-corrected chi connectivity index (χ0v) is 12.1. The molecule has 0 atom stereocenters. The molecule has 0 fully saturated rings. The van der Waals surface area contributed by atoms with Crippen molar-refractivity contribution in [3.8, 4) is 0 Å². The molecule has 1 aliphatic rings. The summed E-state index contributed by atoms with van der Waals surface area (Å²) in [5.41, 5.74) is 4.99. The fourth-order valence-electron chi connectivity index (χ4n) is 2.66. The van der Waals surface area contributed by atoms with Crippen LogP contribution < -0.4 is 0 Å². The van der Waals surface area contributed by atoms with Crippen LogP contribution in [0.2, 0.25) is 0 Å². The number of nitrogens with one attached hydrogen (secondary N) is 1. The molecule has 1 aromatic rings. The summed E-state index contributed by atoms with van der Waals surface area (Å²) in [5, 5.41) is 0. The molecule has 0 aromatic carbocycles. The predicted octanol–water partition coefficient (Wildman–Crippen LogP) is 3.47. The Labute approximate surface area is 105 Å². The van der Waals surface area contributed by atoms with Gasteiger partial charge in [-0.1, -0.05) is 20.8 Å². The molecule has 2 heterocycles. The first-order chi connectivity index (χ1) is 7.69. The van der Waals surface area contributed by atoms with Gasteiger partial charge >= 0.3 is 0 Å². The maximum absolute atomic E-state index is 3.48. The van der Waals surface area contributed by atoms with E-state index < -0.39 is 0 Å². The molecule has 96 valence electrons. The standard InChI is InChI=1S/C15H26N2/c1-14(2,3)12-9-16-13-7-8-17(10-11(12)13)15(4,5)6/h9,16H,7-8,10H2,1-6H3. The van der Waals surface area contributed by atoms with Gasteiger partial charge in [0.2, 0.25) is 0 Å². The van der Waals surface area contributed by atoms with Crippen LogP contribution in [-0.2, 0) is 18.4 Å². The third kappa shape index (κ3) is 2.42. The second kappa shape index (κ2) is 3.88. The topological polar surface area (TPSA) is 19.0 Å². The third-order valence-corrected chi connectivity index (χ3v) is 3.82. The molecule has 0 aliphatic carbocycles. The molecule has 1 N–H and O–H groups in total. The van der Waals surface area contributed by atoms with Crippen LogP contribution in [0, 0.1) is 0 Å². The van der Waals surface area contributed by atoms with Crippen molar-refractivity contribution in [1.29, 1.82) is 0 Å². The molecular weight excluding hydrogens is 208 g/mol. The van der Waals surface area contributed by atoms with Crippen molar-refractivity contribution < 1.29 is 0 Å². The number of hydrogen-bond donors (Lipinski definition) is 1. The Morgan fingerprint density at radius 2 is 1.76 bits per heavy atom. The van der Waals surface area contributed by atoms with Gasteiger partial charge in [0, 0.05) is 36.9 Å². The minimum atomic E-state index is 0.241. The van der Waals surface area contributed by atoms with Gasteiger partial charge in [0.25, 0.3) is 0 Å². The Morgan fingerprint density at radius 1 is 1.12 bits per heavy atom. The predicted molar refractivity (Wildman–Crippen MR) is 73.4 cm³/mol. The van der Waals surface area contributed by atoms with E-state index in [0.717, 1.165) is 13.0 Å². The smallest absolute Gasteiger partial charge is 0.0259 e. The lowest BCUT2D eigenvalue weighted by atomic mass is 9.84. The average Bonchev–Trinajstić information content (AvgIpc) is 2.57. The lowest BCUT2D eigenvalue weighted by molar-refractivity contribution is 0.119. The van der Waals surface area contributed by atoms with Crippen LogP contribution in [0.4, 0.5) is 0 Å². The van der Waals surface area contributed by atoms with Crippen molar-refractivity contribution in [2.45, 2.75) is 65.5 Å². The Kier molecular flexibility index (Phi) is 2.89. The summed E-state index contributed by atoms with van der Waals surface area (Å²) in [7, 11) is 0. The average molecular weight is 234 g/mol. The third-order valence-electron chi connectivity index (χ3n) is 3.82. The lowest BCUT2D eigenvalue weighted by Gasteiger charge is -2.39. The fourth-order valence-corrected chi connectivity index (χ4v) is 2.66. The van der Waals surface area contributed by atoms with E-state index in [-0.39, 0.29) is 11.0 Å². The second-order valence-corrected chi connectivity index (χ2v) is 7.25. The van der Waals surface area contributed by atoms with Gasteiger partial charge in [-0.15, -0.1) is 0 Å². The van der Waals surface area contributed by atoms with Gasteiger partial charge < -0.3 is 4.98 Å². The number of aromatic amines is 1. The molecule has 2 heteroatoms. The molecule has 1 aromatic heterocycles. The zero-order valence-electron chi connectivity index (χ0n) is 12.1. The van der Waals surface area contributed by atoms with E-state index in [1.807, 2.05) is 0 Å².